The van der Waals surface area contributed by atoms with Gasteiger partial charge < -0.3 is 25.6 Å². The summed E-state index contributed by atoms with van der Waals surface area (Å²) < 4.78 is 5.68. The highest BCUT2D eigenvalue weighted by atomic mass is 16.5. The Balaban J connectivity index is 1.62. The van der Waals surface area contributed by atoms with Gasteiger partial charge in [-0.25, -0.2) is 9.97 Å². The molecular weight excluding hydrogens is 528 g/mol. The topological polar surface area (TPSA) is 97.9 Å². The number of hydrogen-bond donors (Lipinski definition) is 3. The van der Waals surface area contributed by atoms with E-state index in [1.165, 1.54) is 5.56 Å². The van der Waals surface area contributed by atoms with E-state index in [4.69, 9.17) is 9.72 Å². The minimum Gasteiger partial charge on any atom is -0.497 e. The summed E-state index contributed by atoms with van der Waals surface area (Å²) in [6, 6.07) is 8.61. The second-order valence-corrected chi connectivity index (χ2v) is 11.5. The van der Waals surface area contributed by atoms with Crippen molar-refractivity contribution in [1.29, 1.82) is 0 Å². The fraction of sp³-hybridized carbons (Fsp3) is 0.469. The van der Waals surface area contributed by atoms with E-state index in [2.05, 4.69) is 74.3 Å². The molecule has 1 aromatic carbocycles. The molecule has 1 aromatic heterocycles. The van der Waals surface area contributed by atoms with Crippen molar-refractivity contribution >= 4 is 28.8 Å². The summed E-state index contributed by atoms with van der Waals surface area (Å²) >= 11 is 0. The number of amides is 1. The van der Waals surface area contributed by atoms with Crippen molar-refractivity contribution in [1.82, 2.24) is 30.0 Å². The van der Waals surface area contributed by atoms with Gasteiger partial charge in [-0.1, -0.05) is 6.58 Å². The van der Waals surface area contributed by atoms with E-state index in [9.17, 15) is 4.79 Å². The Morgan fingerprint density at radius 3 is 2.48 bits per heavy atom. The molecule has 0 saturated carbocycles. The number of anilines is 3. The van der Waals surface area contributed by atoms with Crippen LogP contribution in [0, 0.1) is 0 Å². The van der Waals surface area contributed by atoms with Crippen molar-refractivity contribution in [3.63, 3.8) is 0 Å². The first kappa shape index (κ1) is 31.2. The molecule has 3 N–H and O–H groups in total. The van der Waals surface area contributed by atoms with Crippen LogP contribution in [0.15, 0.2) is 60.5 Å². The van der Waals surface area contributed by atoms with Crippen molar-refractivity contribution in [2.75, 3.05) is 77.1 Å². The number of allylic oxidation sites excluding steroid dienone is 3. The lowest BCUT2D eigenvalue weighted by Gasteiger charge is -2.34. The minimum absolute atomic E-state index is 0.0752. The number of benzene rings is 1. The average Bonchev–Trinajstić information content (AvgIpc) is 2.93. The number of ether oxygens (including phenoxy) is 1. The molecule has 42 heavy (non-hydrogen) atoms. The summed E-state index contributed by atoms with van der Waals surface area (Å²) in [6.45, 7) is 17.4. The Labute approximate surface area is 250 Å². The van der Waals surface area contributed by atoms with E-state index in [1.807, 2.05) is 32.2 Å². The Morgan fingerprint density at radius 2 is 1.76 bits per heavy atom. The molecule has 226 valence electrons. The van der Waals surface area contributed by atoms with Crippen molar-refractivity contribution < 1.29 is 9.53 Å². The summed E-state index contributed by atoms with van der Waals surface area (Å²) in [4.78, 5) is 28.7. The lowest BCUT2D eigenvalue weighted by molar-refractivity contribution is -0.122. The van der Waals surface area contributed by atoms with Gasteiger partial charge in [0.25, 0.3) is 0 Å². The van der Waals surface area contributed by atoms with Crippen LogP contribution in [0.1, 0.15) is 32.0 Å². The zero-order chi connectivity index (χ0) is 30.1. The number of carbonyl (C=O) groups is 1. The van der Waals surface area contributed by atoms with Crippen molar-refractivity contribution in [2.45, 2.75) is 33.4 Å². The largest absolute Gasteiger partial charge is 0.497 e. The van der Waals surface area contributed by atoms with Crippen LogP contribution in [0.4, 0.5) is 17.3 Å². The molecule has 0 aliphatic carbocycles. The Kier molecular flexibility index (Phi) is 11.1. The van der Waals surface area contributed by atoms with Crippen molar-refractivity contribution in [3.05, 3.63) is 71.8 Å². The highest BCUT2D eigenvalue weighted by Crippen LogP contribution is 2.24. The summed E-state index contributed by atoms with van der Waals surface area (Å²) in [5.41, 5.74) is 5.73. The molecule has 1 saturated heterocycles. The van der Waals surface area contributed by atoms with Gasteiger partial charge >= 0.3 is 0 Å². The first-order chi connectivity index (χ1) is 20.2. The van der Waals surface area contributed by atoms with Crippen LogP contribution in [-0.4, -0.2) is 103 Å². The molecule has 2 aromatic rings. The molecule has 0 atom stereocenters. The predicted octanol–water partition coefficient (Wildman–Crippen LogP) is 3.71. The fourth-order valence-corrected chi connectivity index (χ4v) is 5.22. The number of aromatic nitrogens is 2. The van der Waals surface area contributed by atoms with E-state index in [-0.39, 0.29) is 5.91 Å². The SMILES string of the molecule is C=C1/C=C\C(OC)=C(/C)CN(C)CCNC(=O)CN2CCN(CC2)Cc2cc(cc(NC(C)C)c2)Nc2nccc1n2. The lowest BCUT2D eigenvalue weighted by atomic mass is 10.1. The van der Waals surface area contributed by atoms with Crippen LogP contribution >= 0.6 is 0 Å². The highest BCUT2D eigenvalue weighted by Gasteiger charge is 2.20. The maximum atomic E-state index is 12.6. The first-order valence-corrected chi connectivity index (χ1v) is 14.7. The van der Waals surface area contributed by atoms with Gasteiger partial charge in [-0.05, 0) is 80.9 Å². The molecule has 3 aliphatic heterocycles. The van der Waals surface area contributed by atoms with Crippen LogP contribution in [0.25, 0.3) is 5.57 Å². The third kappa shape index (κ3) is 9.40. The van der Waals surface area contributed by atoms with Gasteiger partial charge in [-0.3, -0.25) is 14.6 Å². The van der Waals surface area contributed by atoms with Crippen LogP contribution in [0.2, 0.25) is 0 Å². The van der Waals surface area contributed by atoms with Crippen molar-refractivity contribution in [2.24, 2.45) is 0 Å². The first-order valence-electron chi connectivity index (χ1n) is 14.7. The summed E-state index contributed by atoms with van der Waals surface area (Å²) in [5, 5.41) is 10.0. The number of rotatable bonds is 3. The normalized spacial score (nSPS) is 24.0. The Hall–Kier alpha value is -3.73. The second kappa shape index (κ2) is 14.9. The molecule has 5 rings (SSSR count). The van der Waals surface area contributed by atoms with Gasteiger partial charge in [0.05, 0.1) is 19.3 Å². The number of likely N-dealkylation sites (N-methyl/N-ethyl adjacent to an activating group) is 1. The fourth-order valence-electron chi connectivity index (χ4n) is 5.22. The van der Waals surface area contributed by atoms with E-state index < -0.39 is 0 Å². The van der Waals surface area contributed by atoms with E-state index >= 15 is 0 Å². The number of nitrogens with one attached hydrogen (secondary N) is 3. The van der Waals surface area contributed by atoms with Gasteiger partial charge in [0.2, 0.25) is 11.9 Å². The zero-order valence-corrected chi connectivity index (χ0v) is 25.7. The van der Waals surface area contributed by atoms with Gasteiger partial charge in [-0.2, -0.15) is 0 Å². The molecule has 0 radical (unpaired) electrons. The maximum Gasteiger partial charge on any atom is 0.234 e. The predicted molar refractivity (Wildman–Crippen MR) is 171 cm³/mol. The van der Waals surface area contributed by atoms with Crippen LogP contribution in [-0.2, 0) is 16.1 Å². The van der Waals surface area contributed by atoms with Crippen LogP contribution < -0.4 is 16.0 Å². The van der Waals surface area contributed by atoms with E-state index in [0.29, 0.717) is 31.6 Å². The monoisotopic (exact) mass is 574 g/mol. The van der Waals surface area contributed by atoms with Crippen LogP contribution in [0.3, 0.4) is 0 Å². The maximum absolute atomic E-state index is 12.6. The molecule has 10 heteroatoms. The smallest absolute Gasteiger partial charge is 0.234 e. The average molecular weight is 575 g/mol. The van der Waals surface area contributed by atoms with Gasteiger partial charge in [0.1, 0.15) is 5.76 Å². The molecule has 1 fully saturated rings. The number of piperazine rings is 1. The molecule has 0 spiro atoms. The molecule has 6 bridgehead atoms. The van der Waals surface area contributed by atoms with Gasteiger partial charge in [0, 0.05) is 76.0 Å². The van der Waals surface area contributed by atoms with Gasteiger partial charge in [-0.15, -0.1) is 0 Å². The molecule has 1 amide bonds. The van der Waals surface area contributed by atoms with Crippen molar-refractivity contribution in [3.8, 4) is 0 Å². The number of hydrogen-bond acceptors (Lipinski definition) is 9. The van der Waals surface area contributed by atoms with E-state index in [1.54, 1.807) is 13.3 Å². The molecule has 0 unspecified atom stereocenters. The Bertz CT molecular complexity index is 1300. The van der Waals surface area contributed by atoms with Crippen LogP contribution in [0.5, 0.6) is 0 Å². The van der Waals surface area contributed by atoms with Gasteiger partial charge in [0.15, 0.2) is 0 Å². The van der Waals surface area contributed by atoms with E-state index in [0.717, 1.165) is 73.2 Å². The number of nitrogens with zero attached hydrogens (tertiary/aromatic N) is 5. The quantitative estimate of drug-likeness (QED) is 0.507. The molecular formula is C32H46N8O2. The molecule has 4 heterocycles. The summed E-state index contributed by atoms with van der Waals surface area (Å²) in [7, 11) is 3.71. The number of fused-ring (bicyclic) bond motifs is 11. The second-order valence-electron chi connectivity index (χ2n) is 11.5. The number of methoxy groups -OCH3 is 1. The Morgan fingerprint density at radius 1 is 1.02 bits per heavy atom. The number of carbonyl (C=O) groups excluding carboxylic acids is 1. The summed E-state index contributed by atoms with van der Waals surface area (Å²) in [6.07, 6.45) is 5.58. The standard InChI is InChI=1S/C32H46N8O2/c1-23(2)35-27-17-26-18-28(19-27)36-32-34-10-9-29(37-32)24(3)7-8-30(42-6)25(4)20-38(5)12-11-33-31(41)22-40-15-13-39(21-26)14-16-40/h7-10,17-19,23,35H,3,11-16,20-22H2,1-2,4-6H3,(H,33,41)(H,34,36,37)/b8-7-,30-25-. The molecule has 3 aliphatic rings. The zero-order valence-electron chi connectivity index (χ0n) is 25.7. The molecule has 10 nitrogen and oxygen atoms in total. The summed E-state index contributed by atoms with van der Waals surface area (Å²) in [5.74, 6) is 1.36. The highest BCUT2D eigenvalue weighted by molar-refractivity contribution is 5.78. The third-order valence-electron chi connectivity index (χ3n) is 7.33. The third-order valence-corrected chi connectivity index (χ3v) is 7.33. The lowest BCUT2D eigenvalue weighted by Crippen LogP contribution is -2.49. The minimum atomic E-state index is 0.0752.